The molecule has 4 N–H and O–H groups in total. The minimum atomic E-state index is -0.368. The third-order valence-corrected chi connectivity index (χ3v) is 6.16. The average Bonchev–Trinajstić information content (AvgIpc) is 3.12. The van der Waals surface area contributed by atoms with Gasteiger partial charge in [0, 0.05) is 10.6 Å². The van der Waals surface area contributed by atoms with Gasteiger partial charge in [-0.1, -0.05) is 0 Å². The van der Waals surface area contributed by atoms with Gasteiger partial charge in [0.25, 0.3) is 5.56 Å². The topological polar surface area (TPSA) is 108 Å². The first-order valence-electron chi connectivity index (χ1n) is 9.70. The number of aromatic nitrogens is 2. The number of aromatic amines is 1. The summed E-state index contributed by atoms with van der Waals surface area (Å²) in [4.78, 5) is 33.5. The van der Waals surface area contributed by atoms with Crippen LogP contribution in [-0.2, 0) is 17.6 Å². The van der Waals surface area contributed by atoms with Crippen LogP contribution in [0.5, 0.6) is 0 Å². The molecule has 0 bridgehead atoms. The first-order valence-corrected chi connectivity index (χ1v) is 10.9. The van der Waals surface area contributed by atoms with Gasteiger partial charge in [-0.2, -0.15) is 0 Å². The number of fused-ring (bicyclic) bond motifs is 3. The summed E-state index contributed by atoms with van der Waals surface area (Å²) in [6.07, 6.45) is 4.22. The molecule has 10 heteroatoms. The van der Waals surface area contributed by atoms with E-state index in [9.17, 15) is 9.59 Å². The van der Waals surface area contributed by atoms with E-state index in [0.717, 1.165) is 36.1 Å². The number of thiocarbonyl (C=S) groups is 1. The second-order valence-corrected chi connectivity index (χ2v) is 8.30. The number of hydrazine groups is 1. The highest BCUT2D eigenvalue weighted by Crippen LogP contribution is 2.33. The number of rotatable bonds is 5. The van der Waals surface area contributed by atoms with Crippen molar-refractivity contribution in [2.24, 2.45) is 0 Å². The van der Waals surface area contributed by atoms with Gasteiger partial charge in [0.05, 0.1) is 17.6 Å². The lowest BCUT2D eigenvalue weighted by Gasteiger charge is -2.12. The molecule has 4 rings (SSSR count). The molecule has 1 aliphatic carbocycles. The maximum Gasteiger partial charge on any atom is 0.338 e. The quantitative estimate of drug-likeness (QED) is 0.270. The minimum Gasteiger partial charge on any atom is -0.462 e. The molecular weight excluding hydrogens is 422 g/mol. The van der Waals surface area contributed by atoms with Gasteiger partial charge in [0.15, 0.2) is 5.11 Å². The summed E-state index contributed by atoms with van der Waals surface area (Å²) < 4.78 is 4.96. The van der Waals surface area contributed by atoms with Gasteiger partial charge in [-0.25, -0.2) is 9.78 Å². The van der Waals surface area contributed by atoms with Crippen LogP contribution >= 0.6 is 23.6 Å². The lowest BCUT2D eigenvalue weighted by molar-refractivity contribution is 0.0526. The number of H-pyrrole nitrogens is 1. The molecule has 0 fully saturated rings. The molecule has 0 radical (unpaired) electrons. The van der Waals surface area contributed by atoms with Crippen LogP contribution in [-0.4, -0.2) is 27.7 Å². The Morgan fingerprint density at radius 1 is 1.27 bits per heavy atom. The Morgan fingerprint density at radius 2 is 2.03 bits per heavy atom. The van der Waals surface area contributed by atoms with Crippen molar-refractivity contribution in [2.45, 2.75) is 32.6 Å². The second kappa shape index (κ2) is 8.80. The van der Waals surface area contributed by atoms with E-state index in [4.69, 9.17) is 17.0 Å². The lowest BCUT2D eigenvalue weighted by Crippen LogP contribution is -2.34. The van der Waals surface area contributed by atoms with Crippen LogP contribution in [0.3, 0.4) is 0 Å². The van der Waals surface area contributed by atoms with E-state index in [1.54, 1.807) is 42.5 Å². The van der Waals surface area contributed by atoms with Gasteiger partial charge in [-0.3, -0.25) is 20.6 Å². The van der Waals surface area contributed by atoms with Crippen molar-refractivity contribution >= 4 is 56.5 Å². The first-order chi connectivity index (χ1) is 14.5. The summed E-state index contributed by atoms with van der Waals surface area (Å²) in [6.45, 7) is 2.09. The lowest BCUT2D eigenvalue weighted by atomic mass is 9.97. The Bertz CT molecular complexity index is 1150. The van der Waals surface area contributed by atoms with Crippen LogP contribution in [0.1, 0.15) is 40.6 Å². The smallest absolute Gasteiger partial charge is 0.338 e. The average molecular weight is 444 g/mol. The molecule has 2 aromatic heterocycles. The van der Waals surface area contributed by atoms with E-state index in [1.807, 2.05) is 0 Å². The summed E-state index contributed by atoms with van der Waals surface area (Å²) in [5.41, 5.74) is 7.82. The van der Waals surface area contributed by atoms with Gasteiger partial charge in [-0.05, 0) is 74.7 Å². The predicted octanol–water partition coefficient (Wildman–Crippen LogP) is 3.35. The van der Waals surface area contributed by atoms with E-state index in [2.05, 4.69) is 26.1 Å². The largest absolute Gasteiger partial charge is 0.462 e. The Balaban J connectivity index is 1.39. The number of nitrogens with zero attached hydrogens (tertiary/aromatic N) is 1. The number of nitrogens with one attached hydrogen (secondary N) is 4. The van der Waals surface area contributed by atoms with Crippen LogP contribution < -0.4 is 21.7 Å². The van der Waals surface area contributed by atoms with Crippen LogP contribution in [0, 0.1) is 0 Å². The molecule has 1 aromatic carbocycles. The van der Waals surface area contributed by atoms with Crippen molar-refractivity contribution in [1.29, 1.82) is 0 Å². The molecule has 0 atom stereocenters. The number of esters is 1. The molecule has 30 heavy (non-hydrogen) atoms. The van der Waals surface area contributed by atoms with Gasteiger partial charge >= 0.3 is 5.97 Å². The molecular formula is C20H21N5O3S2. The molecule has 0 saturated carbocycles. The third-order valence-electron chi connectivity index (χ3n) is 4.77. The van der Waals surface area contributed by atoms with Gasteiger partial charge in [0.1, 0.15) is 4.83 Å². The third kappa shape index (κ3) is 4.29. The molecule has 8 nitrogen and oxygen atoms in total. The first kappa shape index (κ1) is 20.3. The Hall–Kier alpha value is -2.98. The highest BCUT2D eigenvalue weighted by Gasteiger charge is 2.19. The van der Waals surface area contributed by atoms with E-state index >= 15 is 0 Å². The monoisotopic (exact) mass is 443 g/mol. The zero-order chi connectivity index (χ0) is 21.1. The normalized spacial score (nSPS) is 12.8. The van der Waals surface area contributed by atoms with E-state index in [-0.39, 0.29) is 16.6 Å². The summed E-state index contributed by atoms with van der Waals surface area (Å²) in [5, 5.41) is 3.99. The molecule has 0 unspecified atom stereocenters. The summed E-state index contributed by atoms with van der Waals surface area (Å²) >= 11 is 6.85. The number of hydrogen-bond acceptors (Lipinski definition) is 7. The molecule has 156 valence electrons. The molecule has 0 amide bonds. The van der Waals surface area contributed by atoms with Crippen molar-refractivity contribution in [3.8, 4) is 0 Å². The van der Waals surface area contributed by atoms with Crippen LogP contribution in [0.4, 0.5) is 11.6 Å². The number of carbonyl (C=O) groups excluding carboxylic acids is 1. The molecule has 0 spiro atoms. The standard InChI is InChI=1S/C20H21N5O3S2/c1-2-28-18(27)11-7-9-12(10-8-11)21-20(29)25-24-19-22-16(26)15-13-5-3-4-6-14(13)30-17(15)23-19/h7-10H,2-6H2,1H3,(H2,21,25,29)(H2,22,23,24,26). The van der Waals surface area contributed by atoms with Gasteiger partial charge in [0.2, 0.25) is 5.95 Å². The predicted molar refractivity (Wildman–Crippen MR) is 122 cm³/mol. The minimum absolute atomic E-state index is 0.142. The van der Waals surface area contributed by atoms with E-state index < -0.39 is 0 Å². The van der Waals surface area contributed by atoms with E-state index in [1.165, 1.54) is 4.88 Å². The van der Waals surface area contributed by atoms with Gasteiger partial charge in [-0.15, -0.1) is 11.3 Å². The second-order valence-electron chi connectivity index (χ2n) is 6.81. The molecule has 3 aromatic rings. The number of anilines is 2. The maximum absolute atomic E-state index is 12.6. The zero-order valence-electron chi connectivity index (χ0n) is 16.3. The summed E-state index contributed by atoms with van der Waals surface area (Å²) in [6, 6.07) is 6.76. The molecule has 0 aliphatic heterocycles. The van der Waals surface area contributed by atoms with Crippen molar-refractivity contribution < 1.29 is 9.53 Å². The fourth-order valence-electron chi connectivity index (χ4n) is 3.41. The van der Waals surface area contributed by atoms with Crippen molar-refractivity contribution in [1.82, 2.24) is 15.4 Å². The highest BCUT2D eigenvalue weighted by atomic mass is 32.1. The van der Waals surface area contributed by atoms with Gasteiger partial charge < -0.3 is 10.1 Å². The number of hydrogen-bond donors (Lipinski definition) is 4. The number of ether oxygens (including phenoxy) is 1. The number of thiophene rings is 1. The van der Waals surface area contributed by atoms with Crippen LogP contribution in [0.15, 0.2) is 29.1 Å². The summed E-state index contributed by atoms with van der Waals surface area (Å²) in [5.74, 6) is -0.0694. The van der Waals surface area contributed by atoms with Crippen molar-refractivity contribution in [2.75, 3.05) is 17.3 Å². The zero-order valence-corrected chi connectivity index (χ0v) is 18.0. The SMILES string of the molecule is CCOC(=O)c1ccc(NC(=S)NNc2nc3sc4c(c3c(=O)[nH]2)CCCC4)cc1. The molecule has 0 saturated heterocycles. The van der Waals surface area contributed by atoms with Crippen molar-refractivity contribution in [3.63, 3.8) is 0 Å². The van der Waals surface area contributed by atoms with Crippen LogP contribution in [0.2, 0.25) is 0 Å². The molecule has 1 aliphatic rings. The Labute approximate surface area is 182 Å². The maximum atomic E-state index is 12.6. The summed E-state index contributed by atoms with van der Waals surface area (Å²) in [7, 11) is 0. The fourth-order valence-corrected chi connectivity index (χ4v) is 4.84. The fraction of sp³-hybridized carbons (Fsp3) is 0.300. The highest BCUT2D eigenvalue weighted by molar-refractivity contribution is 7.80. The Kier molecular flexibility index (Phi) is 5.96. The number of aryl methyl sites for hydroxylation is 2. The van der Waals surface area contributed by atoms with Crippen LogP contribution in [0.25, 0.3) is 10.2 Å². The van der Waals surface area contributed by atoms with E-state index in [0.29, 0.717) is 29.2 Å². The number of carbonyl (C=O) groups is 1. The molecule has 2 heterocycles. The Morgan fingerprint density at radius 3 is 2.80 bits per heavy atom. The van der Waals surface area contributed by atoms with Crippen molar-refractivity contribution in [3.05, 3.63) is 50.6 Å². The number of benzene rings is 1.